The van der Waals surface area contributed by atoms with Crippen LogP contribution in [0.5, 0.6) is 5.75 Å². The molecular weight excluding hydrogens is 360 g/mol. The highest BCUT2D eigenvalue weighted by molar-refractivity contribution is 5.70. The molecule has 1 aliphatic rings. The molecule has 7 nitrogen and oxygen atoms in total. The molecule has 0 unspecified atom stereocenters. The first-order chi connectivity index (χ1) is 13.4. The average molecular weight is 384 g/mol. The van der Waals surface area contributed by atoms with Gasteiger partial charge in [0.05, 0.1) is 13.0 Å². The number of esters is 1. The van der Waals surface area contributed by atoms with E-state index in [1.807, 2.05) is 43.3 Å². The van der Waals surface area contributed by atoms with Crippen molar-refractivity contribution in [3.8, 4) is 5.75 Å². The van der Waals surface area contributed by atoms with Crippen molar-refractivity contribution in [2.45, 2.75) is 44.9 Å². The molecule has 1 aliphatic heterocycles. The lowest BCUT2D eigenvalue weighted by molar-refractivity contribution is -0.582. The number of ether oxygens (including phenoxy) is 2. The number of nitro groups is 1. The summed E-state index contributed by atoms with van der Waals surface area (Å²) in [5.74, 6) is 0.0109. The van der Waals surface area contributed by atoms with Crippen LogP contribution in [-0.4, -0.2) is 29.1 Å². The minimum atomic E-state index is -1.58. The zero-order valence-corrected chi connectivity index (χ0v) is 16.2. The van der Waals surface area contributed by atoms with Crippen LogP contribution in [-0.2, 0) is 9.53 Å². The summed E-state index contributed by atoms with van der Waals surface area (Å²) in [6, 6.07) is 14.1. The van der Waals surface area contributed by atoms with Crippen LogP contribution < -0.4 is 10.1 Å². The molecule has 28 heavy (non-hydrogen) atoms. The van der Waals surface area contributed by atoms with Gasteiger partial charge in [-0.1, -0.05) is 36.4 Å². The third-order valence-corrected chi connectivity index (χ3v) is 5.23. The van der Waals surface area contributed by atoms with Crippen LogP contribution in [0.4, 0.5) is 5.69 Å². The number of hydrogen-bond donors (Lipinski definition) is 1. The van der Waals surface area contributed by atoms with Gasteiger partial charge in [0.1, 0.15) is 11.8 Å². The van der Waals surface area contributed by atoms with Gasteiger partial charge in [-0.05, 0) is 31.5 Å². The van der Waals surface area contributed by atoms with Gasteiger partial charge in [-0.3, -0.25) is 14.9 Å². The van der Waals surface area contributed by atoms with Gasteiger partial charge in [-0.2, -0.15) is 0 Å². The van der Waals surface area contributed by atoms with E-state index in [9.17, 15) is 14.9 Å². The average Bonchev–Trinajstić information content (AvgIpc) is 2.66. The van der Waals surface area contributed by atoms with E-state index in [1.165, 1.54) is 6.92 Å². The molecule has 0 fully saturated rings. The van der Waals surface area contributed by atoms with Crippen LogP contribution in [0, 0.1) is 17.0 Å². The van der Waals surface area contributed by atoms with E-state index < -0.39 is 23.7 Å². The standard InChI is InChI=1S/C21H24N2O5/c1-4-27-19(24)13-18-21(3,23(25)26)20(15-10-6-8-12-17(15)28-18)22-16-11-7-5-9-14(16)2/h5-12,18,20,22H,4,13H2,1-3H3/t18-,20-,21-/m0/s1. The molecular formula is C21H24N2O5. The van der Waals surface area contributed by atoms with E-state index >= 15 is 0 Å². The van der Waals surface area contributed by atoms with Gasteiger partial charge < -0.3 is 14.8 Å². The number of fused-ring (bicyclic) bond motifs is 1. The first kappa shape index (κ1) is 19.7. The minimum Gasteiger partial charge on any atom is -0.482 e. The van der Waals surface area contributed by atoms with E-state index in [1.54, 1.807) is 19.1 Å². The molecule has 0 aromatic heterocycles. The fourth-order valence-corrected chi connectivity index (χ4v) is 3.56. The Kier molecular flexibility index (Phi) is 5.53. The van der Waals surface area contributed by atoms with Gasteiger partial charge in [-0.15, -0.1) is 0 Å². The maximum atomic E-state index is 12.3. The van der Waals surface area contributed by atoms with Gasteiger partial charge >= 0.3 is 5.97 Å². The molecule has 0 radical (unpaired) electrons. The largest absolute Gasteiger partial charge is 0.482 e. The number of nitrogens with zero attached hydrogens (tertiary/aromatic N) is 1. The van der Waals surface area contributed by atoms with Crippen LogP contribution >= 0.6 is 0 Å². The van der Waals surface area contributed by atoms with E-state index in [0.717, 1.165) is 11.3 Å². The lowest BCUT2D eigenvalue weighted by Gasteiger charge is -2.41. The molecule has 1 heterocycles. The van der Waals surface area contributed by atoms with Gasteiger partial charge in [0.15, 0.2) is 6.10 Å². The maximum absolute atomic E-state index is 12.3. The zero-order chi connectivity index (χ0) is 20.3. The molecule has 1 N–H and O–H groups in total. The second-order valence-electron chi connectivity index (χ2n) is 7.03. The fourth-order valence-electron chi connectivity index (χ4n) is 3.56. The van der Waals surface area contributed by atoms with Gasteiger partial charge in [0.25, 0.3) is 5.54 Å². The van der Waals surface area contributed by atoms with Crippen molar-refractivity contribution in [1.82, 2.24) is 0 Å². The van der Waals surface area contributed by atoms with Gasteiger partial charge in [-0.25, -0.2) is 0 Å². The highest BCUT2D eigenvalue weighted by atomic mass is 16.6. The highest BCUT2D eigenvalue weighted by Gasteiger charge is 2.59. The van der Waals surface area contributed by atoms with Crippen LogP contribution in [0.3, 0.4) is 0 Å². The number of rotatable bonds is 6. The summed E-state index contributed by atoms with van der Waals surface area (Å²) in [6.45, 7) is 5.36. The molecule has 3 rings (SSSR count). The second kappa shape index (κ2) is 7.88. The third-order valence-electron chi connectivity index (χ3n) is 5.23. The topological polar surface area (TPSA) is 90.7 Å². The number of aryl methyl sites for hydroxylation is 1. The van der Waals surface area contributed by atoms with Crippen molar-refractivity contribution in [1.29, 1.82) is 0 Å². The number of nitrogens with one attached hydrogen (secondary N) is 1. The maximum Gasteiger partial charge on any atom is 0.309 e. The summed E-state index contributed by atoms with van der Waals surface area (Å²) < 4.78 is 11.0. The van der Waals surface area contributed by atoms with Gasteiger partial charge in [0.2, 0.25) is 0 Å². The Morgan fingerprint density at radius 1 is 1.25 bits per heavy atom. The Bertz CT molecular complexity index is 885. The predicted molar refractivity (Wildman–Crippen MR) is 105 cm³/mol. The number of hydrogen-bond acceptors (Lipinski definition) is 6. The first-order valence-electron chi connectivity index (χ1n) is 9.25. The second-order valence-corrected chi connectivity index (χ2v) is 7.03. The fraction of sp³-hybridized carbons (Fsp3) is 0.381. The summed E-state index contributed by atoms with van der Waals surface area (Å²) in [5, 5.41) is 15.6. The highest BCUT2D eigenvalue weighted by Crippen LogP contribution is 2.45. The van der Waals surface area contributed by atoms with E-state index in [2.05, 4.69) is 5.32 Å². The zero-order valence-electron chi connectivity index (χ0n) is 16.2. The number of anilines is 1. The van der Waals surface area contributed by atoms with Crippen LogP contribution in [0.15, 0.2) is 48.5 Å². The van der Waals surface area contributed by atoms with Crippen LogP contribution in [0.2, 0.25) is 0 Å². The molecule has 0 amide bonds. The van der Waals surface area contributed by atoms with Crippen molar-refractivity contribution >= 4 is 11.7 Å². The van der Waals surface area contributed by atoms with Crippen molar-refractivity contribution in [2.24, 2.45) is 0 Å². The van der Waals surface area contributed by atoms with Crippen molar-refractivity contribution in [3.63, 3.8) is 0 Å². The Hall–Kier alpha value is -3.09. The molecule has 3 atom stereocenters. The van der Waals surface area contributed by atoms with Crippen molar-refractivity contribution in [2.75, 3.05) is 11.9 Å². The number of benzene rings is 2. The summed E-state index contributed by atoms with van der Waals surface area (Å²) in [4.78, 5) is 24.0. The molecule has 0 saturated carbocycles. The van der Waals surface area contributed by atoms with Crippen LogP contribution in [0.25, 0.3) is 0 Å². The Balaban J connectivity index is 2.08. The van der Waals surface area contributed by atoms with Crippen molar-refractivity contribution < 1.29 is 19.2 Å². The SMILES string of the molecule is CCOC(=O)C[C@@H]1Oc2ccccc2[C@H](Nc2ccccc2C)[C@@]1(C)[N+](=O)[O-]. The van der Waals surface area contributed by atoms with Gasteiger partial charge in [0, 0.05) is 23.1 Å². The lowest BCUT2D eigenvalue weighted by atomic mass is 9.78. The molecule has 2 aromatic rings. The molecule has 0 bridgehead atoms. The predicted octanol–water partition coefficient (Wildman–Crippen LogP) is 3.90. The Labute approximate surface area is 163 Å². The quantitative estimate of drug-likeness (QED) is 0.461. The Morgan fingerprint density at radius 3 is 2.61 bits per heavy atom. The monoisotopic (exact) mass is 384 g/mol. The smallest absolute Gasteiger partial charge is 0.309 e. The lowest BCUT2D eigenvalue weighted by Crippen LogP contribution is -2.59. The molecule has 0 saturated heterocycles. The molecule has 148 valence electrons. The molecule has 0 aliphatic carbocycles. The third kappa shape index (κ3) is 3.52. The first-order valence-corrected chi connectivity index (χ1v) is 9.25. The number of para-hydroxylation sites is 2. The van der Waals surface area contributed by atoms with Crippen LogP contribution in [0.1, 0.15) is 37.4 Å². The summed E-state index contributed by atoms with van der Waals surface area (Å²) in [5.41, 5.74) is 0.875. The van der Waals surface area contributed by atoms with E-state index in [0.29, 0.717) is 11.3 Å². The number of carbonyl (C=O) groups is 1. The van der Waals surface area contributed by atoms with E-state index in [4.69, 9.17) is 9.47 Å². The summed E-state index contributed by atoms with van der Waals surface area (Å²) in [7, 11) is 0. The molecule has 2 aromatic carbocycles. The summed E-state index contributed by atoms with van der Waals surface area (Å²) in [6.07, 6.45) is -1.18. The Morgan fingerprint density at radius 2 is 1.93 bits per heavy atom. The summed E-state index contributed by atoms with van der Waals surface area (Å²) >= 11 is 0. The number of carbonyl (C=O) groups excluding carboxylic acids is 1. The normalized spacial score (nSPS) is 23.2. The van der Waals surface area contributed by atoms with E-state index in [-0.39, 0.29) is 18.0 Å². The minimum absolute atomic E-state index is 0.203. The van der Waals surface area contributed by atoms with Crippen molar-refractivity contribution in [3.05, 3.63) is 69.8 Å². The molecule has 0 spiro atoms. The molecule has 7 heteroatoms.